The number of hydrogen-bond acceptors (Lipinski definition) is 3. The summed E-state index contributed by atoms with van der Waals surface area (Å²) >= 11 is 0. The molecule has 1 heterocycles. The number of nitrogens with one attached hydrogen (secondary N) is 1. The zero-order chi connectivity index (χ0) is 13.8. The SMILES string of the molecule is CC[C@@H](C)[C@](C)(O)CNC(=O)c1ccncc1F. The van der Waals surface area contributed by atoms with E-state index in [1.807, 2.05) is 13.8 Å². The molecule has 5 heteroatoms. The van der Waals surface area contributed by atoms with Crippen LogP contribution in [0.15, 0.2) is 18.5 Å². The highest BCUT2D eigenvalue weighted by molar-refractivity contribution is 5.94. The van der Waals surface area contributed by atoms with Gasteiger partial charge in [-0.1, -0.05) is 20.3 Å². The summed E-state index contributed by atoms with van der Waals surface area (Å²) in [5, 5.41) is 12.7. The Morgan fingerprint density at radius 2 is 2.33 bits per heavy atom. The minimum atomic E-state index is -1.01. The van der Waals surface area contributed by atoms with E-state index in [0.29, 0.717) is 0 Å². The number of halogens is 1. The first kappa shape index (κ1) is 14.6. The predicted octanol–water partition coefficient (Wildman–Crippen LogP) is 1.75. The molecule has 0 fully saturated rings. The van der Waals surface area contributed by atoms with Gasteiger partial charge in [0.2, 0.25) is 0 Å². The number of carbonyl (C=O) groups excluding carboxylic acids is 1. The molecule has 1 aromatic rings. The van der Waals surface area contributed by atoms with Crippen LogP contribution in [0.4, 0.5) is 4.39 Å². The van der Waals surface area contributed by atoms with Gasteiger partial charge >= 0.3 is 0 Å². The van der Waals surface area contributed by atoms with Crippen LogP contribution in [-0.2, 0) is 0 Å². The predicted molar refractivity (Wildman–Crippen MR) is 66.6 cm³/mol. The van der Waals surface area contributed by atoms with E-state index in [4.69, 9.17) is 0 Å². The van der Waals surface area contributed by atoms with Gasteiger partial charge in [0.15, 0.2) is 5.82 Å². The third-order valence-electron chi connectivity index (χ3n) is 3.30. The summed E-state index contributed by atoms with van der Waals surface area (Å²) in [6, 6.07) is 1.31. The Morgan fingerprint density at radius 1 is 1.67 bits per heavy atom. The Bertz CT molecular complexity index is 421. The van der Waals surface area contributed by atoms with E-state index in [-0.39, 0.29) is 18.0 Å². The Labute approximate surface area is 106 Å². The average Bonchev–Trinajstić information content (AvgIpc) is 2.35. The number of nitrogens with zero attached hydrogens (tertiary/aromatic N) is 1. The molecule has 2 atom stereocenters. The lowest BCUT2D eigenvalue weighted by Crippen LogP contribution is -2.45. The molecule has 4 nitrogen and oxygen atoms in total. The van der Waals surface area contributed by atoms with Crippen molar-refractivity contribution in [2.24, 2.45) is 5.92 Å². The first-order valence-electron chi connectivity index (χ1n) is 5.98. The molecule has 0 saturated heterocycles. The van der Waals surface area contributed by atoms with E-state index >= 15 is 0 Å². The fourth-order valence-electron chi connectivity index (χ4n) is 1.53. The maximum atomic E-state index is 13.3. The normalized spacial score (nSPS) is 15.8. The van der Waals surface area contributed by atoms with E-state index in [1.54, 1.807) is 6.92 Å². The highest BCUT2D eigenvalue weighted by Crippen LogP contribution is 2.19. The average molecular weight is 254 g/mol. The quantitative estimate of drug-likeness (QED) is 0.841. The van der Waals surface area contributed by atoms with E-state index < -0.39 is 17.3 Å². The highest BCUT2D eigenvalue weighted by atomic mass is 19.1. The molecule has 0 unspecified atom stereocenters. The number of hydrogen-bond donors (Lipinski definition) is 2. The molecule has 0 spiro atoms. The zero-order valence-electron chi connectivity index (χ0n) is 10.9. The van der Waals surface area contributed by atoms with Crippen LogP contribution in [0, 0.1) is 11.7 Å². The molecular weight excluding hydrogens is 235 g/mol. The third-order valence-corrected chi connectivity index (χ3v) is 3.30. The highest BCUT2D eigenvalue weighted by Gasteiger charge is 2.27. The van der Waals surface area contributed by atoms with E-state index in [0.717, 1.165) is 12.6 Å². The van der Waals surface area contributed by atoms with Crippen molar-refractivity contribution >= 4 is 5.91 Å². The summed E-state index contributed by atoms with van der Waals surface area (Å²) in [7, 11) is 0. The molecule has 0 bridgehead atoms. The third kappa shape index (κ3) is 3.50. The summed E-state index contributed by atoms with van der Waals surface area (Å²) in [4.78, 5) is 15.3. The molecule has 1 aromatic heterocycles. The van der Waals surface area contributed by atoms with Crippen molar-refractivity contribution in [2.75, 3.05) is 6.54 Å². The fourth-order valence-corrected chi connectivity index (χ4v) is 1.53. The van der Waals surface area contributed by atoms with Gasteiger partial charge in [0.05, 0.1) is 17.4 Å². The van der Waals surface area contributed by atoms with Gasteiger partial charge in [0, 0.05) is 12.7 Å². The monoisotopic (exact) mass is 254 g/mol. The van der Waals surface area contributed by atoms with Crippen LogP contribution in [0.2, 0.25) is 0 Å². The van der Waals surface area contributed by atoms with E-state index in [1.165, 1.54) is 12.3 Å². The standard InChI is InChI=1S/C13H19FN2O2/c1-4-9(2)13(3,18)8-16-12(17)10-5-6-15-7-11(10)14/h5-7,9,18H,4,8H2,1-3H3,(H,16,17)/t9-,13-/m1/s1. The van der Waals surface area contributed by atoms with Crippen LogP contribution < -0.4 is 5.32 Å². The Morgan fingerprint density at radius 3 is 2.89 bits per heavy atom. The number of carbonyl (C=O) groups is 1. The number of pyridine rings is 1. The van der Waals surface area contributed by atoms with Gasteiger partial charge in [0.1, 0.15) is 0 Å². The van der Waals surface area contributed by atoms with Crippen molar-refractivity contribution in [2.45, 2.75) is 32.8 Å². The van der Waals surface area contributed by atoms with Crippen molar-refractivity contribution in [1.82, 2.24) is 10.3 Å². The fraction of sp³-hybridized carbons (Fsp3) is 0.538. The number of aromatic nitrogens is 1. The Balaban J connectivity index is 2.65. The van der Waals surface area contributed by atoms with Crippen LogP contribution in [-0.4, -0.2) is 28.1 Å². The second kappa shape index (κ2) is 5.91. The molecule has 2 N–H and O–H groups in total. The van der Waals surface area contributed by atoms with Crippen LogP contribution in [0.5, 0.6) is 0 Å². The van der Waals surface area contributed by atoms with Crippen molar-refractivity contribution in [1.29, 1.82) is 0 Å². The molecule has 0 saturated carbocycles. The molecule has 100 valence electrons. The van der Waals surface area contributed by atoms with Crippen molar-refractivity contribution in [3.05, 3.63) is 29.8 Å². The number of rotatable bonds is 5. The lowest BCUT2D eigenvalue weighted by molar-refractivity contribution is 0.00588. The van der Waals surface area contributed by atoms with Crippen molar-refractivity contribution in [3.63, 3.8) is 0 Å². The topological polar surface area (TPSA) is 62.2 Å². The Kier molecular flexibility index (Phi) is 4.78. The van der Waals surface area contributed by atoms with Crippen molar-refractivity contribution < 1.29 is 14.3 Å². The summed E-state index contributed by atoms with van der Waals surface area (Å²) in [6.07, 6.45) is 3.14. The minimum Gasteiger partial charge on any atom is -0.388 e. The van der Waals surface area contributed by atoms with Gasteiger partial charge in [-0.05, 0) is 18.9 Å². The second-order valence-electron chi connectivity index (χ2n) is 4.70. The summed E-state index contributed by atoms with van der Waals surface area (Å²) < 4.78 is 13.3. The van der Waals surface area contributed by atoms with Gasteiger partial charge in [-0.2, -0.15) is 0 Å². The smallest absolute Gasteiger partial charge is 0.254 e. The van der Waals surface area contributed by atoms with E-state index in [2.05, 4.69) is 10.3 Å². The van der Waals surface area contributed by atoms with Gasteiger partial charge in [-0.15, -0.1) is 0 Å². The number of amides is 1. The van der Waals surface area contributed by atoms with Crippen LogP contribution in [0.25, 0.3) is 0 Å². The van der Waals surface area contributed by atoms with Crippen molar-refractivity contribution in [3.8, 4) is 0 Å². The van der Waals surface area contributed by atoms with Gasteiger partial charge in [0.25, 0.3) is 5.91 Å². The lowest BCUT2D eigenvalue weighted by Gasteiger charge is -2.29. The molecule has 0 aliphatic carbocycles. The molecule has 1 amide bonds. The van der Waals surface area contributed by atoms with Gasteiger partial charge in [-0.3, -0.25) is 9.78 Å². The second-order valence-corrected chi connectivity index (χ2v) is 4.70. The largest absolute Gasteiger partial charge is 0.388 e. The molecule has 0 aromatic carbocycles. The summed E-state index contributed by atoms with van der Waals surface area (Å²) in [6.45, 7) is 5.61. The molecule has 1 rings (SSSR count). The van der Waals surface area contributed by atoms with Crippen LogP contribution in [0.3, 0.4) is 0 Å². The summed E-state index contributed by atoms with van der Waals surface area (Å²) in [5.41, 5.74) is -1.07. The Hall–Kier alpha value is -1.49. The van der Waals surface area contributed by atoms with Crippen LogP contribution >= 0.6 is 0 Å². The lowest BCUT2D eigenvalue weighted by atomic mass is 9.88. The molecule has 18 heavy (non-hydrogen) atoms. The maximum Gasteiger partial charge on any atom is 0.254 e. The first-order chi connectivity index (χ1) is 8.38. The van der Waals surface area contributed by atoms with Gasteiger partial charge < -0.3 is 10.4 Å². The molecule has 0 aliphatic heterocycles. The molecule has 0 radical (unpaired) electrons. The van der Waals surface area contributed by atoms with E-state index in [9.17, 15) is 14.3 Å². The molecule has 0 aliphatic rings. The van der Waals surface area contributed by atoms with Crippen LogP contribution in [0.1, 0.15) is 37.6 Å². The molecular formula is C13H19FN2O2. The maximum absolute atomic E-state index is 13.3. The summed E-state index contributed by atoms with van der Waals surface area (Å²) in [5.74, 6) is -1.17. The minimum absolute atomic E-state index is 0.0417. The number of aliphatic hydroxyl groups is 1. The van der Waals surface area contributed by atoms with Gasteiger partial charge in [-0.25, -0.2) is 4.39 Å². The first-order valence-corrected chi connectivity index (χ1v) is 5.98. The zero-order valence-corrected chi connectivity index (χ0v) is 10.9.